The predicted octanol–water partition coefficient (Wildman–Crippen LogP) is 2.61. The Balaban J connectivity index is 1.57. The smallest absolute Gasteiger partial charge is 0.133 e. The van der Waals surface area contributed by atoms with Crippen molar-refractivity contribution in [3.63, 3.8) is 0 Å². The number of aryl methyl sites for hydroxylation is 2. The minimum Gasteiger partial charge on any atom is -0.369 e. The maximum Gasteiger partial charge on any atom is 0.133 e. The molecule has 0 unspecified atom stereocenters. The van der Waals surface area contributed by atoms with E-state index >= 15 is 0 Å². The summed E-state index contributed by atoms with van der Waals surface area (Å²) < 4.78 is 5.12. The second-order valence-corrected chi connectivity index (χ2v) is 5.53. The van der Waals surface area contributed by atoms with E-state index in [9.17, 15) is 0 Å². The highest BCUT2D eigenvalue weighted by Crippen LogP contribution is 2.18. The predicted molar refractivity (Wildman–Crippen MR) is 79.9 cm³/mol. The van der Waals surface area contributed by atoms with Gasteiger partial charge in [-0.25, -0.2) is 0 Å². The first kappa shape index (κ1) is 13.2. The first-order valence-electron chi connectivity index (χ1n) is 7.17. The fourth-order valence-corrected chi connectivity index (χ4v) is 2.71. The van der Waals surface area contributed by atoms with E-state index in [0.29, 0.717) is 0 Å². The molecule has 2 heterocycles. The van der Waals surface area contributed by atoms with Gasteiger partial charge in [-0.2, -0.15) is 0 Å². The summed E-state index contributed by atoms with van der Waals surface area (Å²) >= 11 is 0. The lowest BCUT2D eigenvalue weighted by Crippen LogP contribution is -2.46. The highest BCUT2D eigenvalue weighted by molar-refractivity contribution is 5.48. The van der Waals surface area contributed by atoms with E-state index in [1.54, 1.807) is 0 Å². The van der Waals surface area contributed by atoms with Gasteiger partial charge in [-0.05, 0) is 31.5 Å². The van der Waals surface area contributed by atoms with Crippen molar-refractivity contribution in [1.82, 2.24) is 10.1 Å². The summed E-state index contributed by atoms with van der Waals surface area (Å²) in [7, 11) is 0. The molecule has 0 N–H and O–H groups in total. The highest BCUT2D eigenvalue weighted by atomic mass is 16.5. The van der Waals surface area contributed by atoms with Crippen LogP contribution in [0.3, 0.4) is 0 Å². The monoisotopic (exact) mass is 271 g/mol. The minimum absolute atomic E-state index is 0.887. The van der Waals surface area contributed by atoms with Crippen molar-refractivity contribution < 1.29 is 4.52 Å². The van der Waals surface area contributed by atoms with Gasteiger partial charge in [0.15, 0.2) is 0 Å². The van der Waals surface area contributed by atoms with Gasteiger partial charge in [0.2, 0.25) is 0 Å². The molecule has 0 radical (unpaired) electrons. The number of hydrogen-bond donors (Lipinski definition) is 0. The SMILES string of the molecule is Cc1cccc(N2CCN(Cc3cc(C)on3)CC2)c1. The van der Waals surface area contributed by atoms with Crippen LogP contribution in [-0.2, 0) is 6.54 Å². The molecule has 0 spiro atoms. The van der Waals surface area contributed by atoms with Crippen LogP contribution in [0.5, 0.6) is 0 Å². The van der Waals surface area contributed by atoms with Crippen LogP contribution in [0.4, 0.5) is 5.69 Å². The molecule has 1 aromatic carbocycles. The lowest BCUT2D eigenvalue weighted by atomic mass is 10.2. The molecule has 3 rings (SSSR count). The summed E-state index contributed by atoms with van der Waals surface area (Å²) in [4.78, 5) is 4.89. The number of piperazine rings is 1. The van der Waals surface area contributed by atoms with Gasteiger partial charge in [-0.15, -0.1) is 0 Å². The van der Waals surface area contributed by atoms with Crippen LogP contribution >= 0.6 is 0 Å². The van der Waals surface area contributed by atoms with Crippen molar-refractivity contribution in [2.45, 2.75) is 20.4 Å². The van der Waals surface area contributed by atoms with Crippen LogP contribution < -0.4 is 4.90 Å². The highest BCUT2D eigenvalue weighted by Gasteiger charge is 2.18. The lowest BCUT2D eigenvalue weighted by Gasteiger charge is -2.35. The van der Waals surface area contributed by atoms with Gasteiger partial charge in [0.25, 0.3) is 0 Å². The van der Waals surface area contributed by atoms with Gasteiger partial charge < -0.3 is 9.42 Å². The Labute approximate surface area is 120 Å². The zero-order chi connectivity index (χ0) is 13.9. The van der Waals surface area contributed by atoms with Gasteiger partial charge in [-0.3, -0.25) is 4.90 Å². The fraction of sp³-hybridized carbons (Fsp3) is 0.438. The van der Waals surface area contributed by atoms with Crippen molar-refractivity contribution in [3.05, 3.63) is 47.3 Å². The third-order valence-electron chi connectivity index (χ3n) is 3.80. The molecule has 1 saturated heterocycles. The quantitative estimate of drug-likeness (QED) is 0.859. The lowest BCUT2D eigenvalue weighted by molar-refractivity contribution is 0.241. The zero-order valence-electron chi connectivity index (χ0n) is 12.2. The number of rotatable bonds is 3. The van der Waals surface area contributed by atoms with E-state index < -0.39 is 0 Å². The molecule has 106 valence electrons. The third kappa shape index (κ3) is 3.02. The molecule has 4 heteroatoms. The average Bonchev–Trinajstić information content (AvgIpc) is 2.85. The molecule has 0 atom stereocenters. The minimum atomic E-state index is 0.887. The number of nitrogens with zero attached hydrogens (tertiary/aromatic N) is 3. The topological polar surface area (TPSA) is 32.5 Å². The van der Waals surface area contributed by atoms with Crippen molar-refractivity contribution in [1.29, 1.82) is 0 Å². The van der Waals surface area contributed by atoms with Gasteiger partial charge in [-0.1, -0.05) is 17.3 Å². The Morgan fingerprint density at radius 2 is 1.90 bits per heavy atom. The molecule has 0 saturated carbocycles. The van der Waals surface area contributed by atoms with E-state index in [-0.39, 0.29) is 0 Å². The second-order valence-electron chi connectivity index (χ2n) is 5.53. The normalized spacial score (nSPS) is 16.6. The van der Waals surface area contributed by atoms with Crippen LogP contribution in [0, 0.1) is 13.8 Å². The van der Waals surface area contributed by atoms with Crippen molar-refractivity contribution in [2.24, 2.45) is 0 Å². The molecule has 2 aromatic rings. The van der Waals surface area contributed by atoms with Crippen LogP contribution in [0.25, 0.3) is 0 Å². The number of anilines is 1. The number of aromatic nitrogens is 1. The molecular formula is C16H21N3O. The van der Waals surface area contributed by atoms with Crippen molar-refractivity contribution in [3.8, 4) is 0 Å². The standard InChI is InChI=1S/C16H21N3O/c1-13-4-3-5-16(10-13)19-8-6-18(7-9-19)12-15-11-14(2)20-17-15/h3-5,10-11H,6-9,12H2,1-2H3. The Morgan fingerprint density at radius 3 is 2.55 bits per heavy atom. The number of hydrogen-bond acceptors (Lipinski definition) is 4. The summed E-state index contributed by atoms with van der Waals surface area (Å²) in [6, 6.07) is 10.8. The molecule has 4 nitrogen and oxygen atoms in total. The summed E-state index contributed by atoms with van der Waals surface area (Å²) in [5, 5.41) is 4.07. The maximum absolute atomic E-state index is 5.12. The Kier molecular flexibility index (Phi) is 3.74. The van der Waals surface area contributed by atoms with Gasteiger partial charge in [0.05, 0.1) is 5.69 Å². The first-order chi connectivity index (χ1) is 9.70. The van der Waals surface area contributed by atoms with Gasteiger partial charge >= 0.3 is 0 Å². The third-order valence-corrected chi connectivity index (χ3v) is 3.80. The van der Waals surface area contributed by atoms with Crippen LogP contribution in [0.15, 0.2) is 34.9 Å². The average molecular weight is 271 g/mol. The molecule has 1 aliphatic rings. The van der Waals surface area contributed by atoms with E-state index in [1.807, 2.05) is 13.0 Å². The van der Waals surface area contributed by atoms with Gasteiger partial charge in [0.1, 0.15) is 5.76 Å². The molecule has 0 amide bonds. The van der Waals surface area contributed by atoms with E-state index in [1.165, 1.54) is 11.3 Å². The second kappa shape index (κ2) is 5.67. The van der Waals surface area contributed by atoms with E-state index in [0.717, 1.165) is 44.2 Å². The van der Waals surface area contributed by atoms with Crippen molar-refractivity contribution in [2.75, 3.05) is 31.1 Å². The Bertz CT molecular complexity index is 571. The van der Waals surface area contributed by atoms with Crippen LogP contribution in [-0.4, -0.2) is 36.2 Å². The summed E-state index contributed by atoms with van der Waals surface area (Å²) in [5.74, 6) is 0.887. The molecule has 1 fully saturated rings. The number of benzene rings is 1. The molecule has 1 aliphatic heterocycles. The van der Waals surface area contributed by atoms with Gasteiger partial charge in [0, 0.05) is 44.5 Å². The van der Waals surface area contributed by atoms with Crippen LogP contribution in [0.2, 0.25) is 0 Å². The van der Waals surface area contributed by atoms with E-state index in [2.05, 4.69) is 46.1 Å². The Morgan fingerprint density at radius 1 is 1.10 bits per heavy atom. The molecule has 0 aliphatic carbocycles. The molecular weight excluding hydrogens is 250 g/mol. The molecule has 1 aromatic heterocycles. The van der Waals surface area contributed by atoms with Crippen molar-refractivity contribution >= 4 is 5.69 Å². The summed E-state index contributed by atoms with van der Waals surface area (Å²) in [6.07, 6.45) is 0. The zero-order valence-corrected chi connectivity index (χ0v) is 12.2. The van der Waals surface area contributed by atoms with E-state index in [4.69, 9.17) is 4.52 Å². The van der Waals surface area contributed by atoms with Crippen LogP contribution in [0.1, 0.15) is 17.0 Å². The summed E-state index contributed by atoms with van der Waals surface area (Å²) in [6.45, 7) is 9.25. The first-order valence-corrected chi connectivity index (χ1v) is 7.17. The summed E-state index contributed by atoms with van der Waals surface area (Å²) in [5.41, 5.74) is 3.69. The Hall–Kier alpha value is -1.81. The molecule has 20 heavy (non-hydrogen) atoms. The largest absolute Gasteiger partial charge is 0.369 e. The fourth-order valence-electron chi connectivity index (χ4n) is 2.71. The molecule has 0 bridgehead atoms. The maximum atomic E-state index is 5.12.